The molecule has 0 aromatic heterocycles. The minimum atomic E-state index is -4.31. The van der Waals surface area contributed by atoms with E-state index < -0.39 is 44.5 Å². The van der Waals surface area contributed by atoms with E-state index in [1.54, 1.807) is 0 Å². The predicted molar refractivity (Wildman–Crippen MR) is 64.1 cm³/mol. The molecule has 1 aliphatic heterocycles. The number of aliphatic hydroxyl groups is 2. The summed E-state index contributed by atoms with van der Waals surface area (Å²) in [7, 11) is -4.31. The Morgan fingerprint density at radius 1 is 1.25 bits per heavy atom. The highest BCUT2D eigenvalue weighted by atomic mass is 32.2. The number of nitrogens with zero attached hydrogens (tertiary/aromatic N) is 1. The highest BCUT2D eigenvalue weighted by molar-refractivity contribution is 7.89. The minimum absolute atomic E-state index is 0.376. The molecule has 0 radical (unpaired) electrons. The molecular weight excluding hydrogens is 293 g/mol. The number of carbonyl (C=O) groups is 1. The van der Waals surface area contributed by atoms with Crippen LogP contribution in [0.5, 0.6) is 0 Å². The molecule has 1 heterocycles. The molecule has 2 unspecified atom stereocenters. The van der Waals surface area contributed by atoms with Gasteiger partial charge in [-0.2, -0.15) is 4.31 Å². The molecule has 1 saturated heterocycles. The predicted octanol–water partition coefficient (Wildman–Crippen LogP) is -0.750. The van der Waals surface area contributed by atoms with Gasteiger partial charge in [-0.25, -0.2) is 17.6 Å². The van der Waals surface area contributed by atoms with Crippen molar-refractivity contribution in [3.63, 3.8) is 0 Å². The van der Waals surface area contributed by atoms with Crippen LogP contribution in [0.2, 0.25) is 0 Å². The normalized spacial score (nSPS) is 23.9. The van der Waals surface area contributed by atoms with Gasteiger partial charge >= 0.3 is 5.97 Å². The molecule has 20 heavy (non-hydrogen) atoms. The molecule has 1 fully saturated rings. The van der Waals surface area contributed by atoms with Crippen molar-refractivity contribution in [1.29, 1.82) is 0 Å². The zero-order chi connectivity index (χ0) is 15.1. The fraction of sp³-hybridized carbons (Fsp3) is 0.364. The lowest BCUT2D eigenvalue weighted by Crippen LogP contribution is -2.31. The number of benzene rings is 1. The van der Waals surface area contributed by atoms with Crippen LogP contribution in [-0.2, 0) is 10.0 Å². The molecule has 110 valence electrons. The standard InChI is InChI=1S/C11H12FNO6S/c12-6-1-2-7(11(16)17)10(3-6)20(18,19)13-4-8(14)9(15)5-13/h1-3,8-9,14-15H,4-5H2,(H,16,17). The van der Waals surface area contributed by atoms with Gasteiger partial charge in [-0.3, -0.25) is 0 Å². The Kier molecular flexibility index (Phi) is 3.78. The molecular formula is C11H12FNO6S. The SMILES string of the molecule is O=C(O)c1ccc(F)cc1S(=O)(=O)N1CC(O)C(O)C1. The summed E-state index contributed by atoms with van der Waals surface area (Å²) in [5.41, 5.74) is -0.567. The van der Waals surface area contributed by atoms with Gasteiger partial charge in [-0.1, -0.05) is 0 Å². The quantitative estimate of drug-likeness (QED) is 0.677. The highest BCUT2D eigenvalue weighted by Crippen LogP contribution is 2.25. The maximum Gasteiger partial charge on any atom is 0.337 e. The summed E-state index contributed by atoms with van der Waals surface area (Å²) < 4.78 is 38.5. The van der Waals surface area contributed by atoms with Crippen molar-refractivity contribution in [2.45, 2.75) is 17.1 Å². The number of hydrogen-bond donors (Lipinski definition) is 3. The van der Waals surface area contributed by atoms with Crippen molar-refractivity contribution in [3.8, 4) is 0 Å². The van der Waals surface area contributed by atoms with Crippen LogP contribution < -0.4 is 0 Å². The number of carboxylic acids is 1. The van der Waals surface area contributed by atoms with Gasteiger partial charge < -0.3 is 15.3 Å². The van der Waals surface area contributed by atoms with E-state index >= 15 is 0 Å². The Morgan fingerprint density at radius 3 is 2.30 bits per heavy atom. The van der Waals surface area contributed by atoms with Gasteiger partial charge in [0.1, 0.15) is 5.82 Å². The third-order valence-electron chi connectivity index (χ3n) is 3.02. The first kappa shape index (κ1) is 14.9. The first-order valence-electron chi connectivity index (χ1n) is 5.62. The average molecular weight is 305 g/mol. The zero-order valence-corrected chi connectivity index (χ0v) is 10.9. The molecule has 0 saturated carbocycles. The van der Waals surface area contributed by atoms with Gasteiger partial charge in [-0.05, 0) is 18.2 Å². The van der Waals surface area contributed by atoms with Gasteiger partial charge in [0.05, 0.1) is 22.7 Å². The average Bonchev–Trinajstić information content (AvgIpc) is 2.70. The molecule has 1 aliphatic rings. The van der Waals surface area contributed by atoms with Crippen LogP contribution in [0, 0.1) is 5.82 Å². The summed E-state index contributed by atoms with van der Waals surface area (Å²) in [5.74, 6) is -2.40. The molecule has 9 heteroatoms. The fourth-order valence-electron chi connectivity index (χ4n) is 1.96. The Morgan fingerprint density at radius 2 is 1.80 bits per heavy atom. The summed E-state index contributed by atoms with van der Waals surface area (Å²) in [4.78, 5) is 10.3. The first-order valence-corrected chi connectivity index (χ1v) is 7.06. The highest BCUT2D eigenvalue weighted by Gasteiger charge is 2.39. The zero-order valence-electron chi connectivity index (χ0n) is 10.1. The van der Waals surface area contributed by atoms with Crippen LogP contribution in [0.4, 0.5) is 4.39 Å². The first-order chi connectivity index (χ1) is 9.23. The number of halogens is 1. The Balaban J connectivity index is 2.50. The Bertz CT molecular complexity index is 636. The lowest BCUT2D eigenvalue weighted by molar-refractivity contribution is 0.0572. The number of sulfonamides is 1. The van der Waals surface area contributed by atoms with E-state index in [0.29, 0.717) is 6.07 Å². The van der Waals surface area contributed by atoms with Crippen LogP contribution in [0.1, 0.15) is 10.4 Å². The maximum atomic E-state index is 13.2. The fourth-order valence-corrected chi connectivity index (χ4v) is 3.63. The summed E-state index contributed by atoms with van der Waals surface area (Å²) in [5, 5.41) is 27.7. The maximum absolute atomic E-state index is 13.2. The Labute approximate surface area is 113 Å². The lowest BCUT2D eigenvalue weighted by Gasteiger charge is -2.17. The smallest absolute Gasteiger partial charge is 0.337 e. The molecule has 0 bridgehead atoms. The molecule has 2 rings (SSSR count). The molecule has 2 atom stereocenters. The molecule has 7 nitrogen and oxygen atoms in total. The number of β-amino-alcohol motifs (C(OH)–C–C–N with tert-alkyl or cyclic N) is 2. The second-order valence-electron chi connectivity index (χ2n) is 4.40. The van der Waals surface area contributed by atoms with Crippen molar-refractivity contribution in [3.05, 3.63) is 29.6 Å². The van der Waals surface area contributed by atoms with E-state index in [1.165, 1.54) is 0 Å². The van der Waals surface area contributed by atoms with E-state index in [-0.39, 0.29) is 13.1 Å². The van der Waals surface area contributed by atoms with Crippen molar-refractivity contribution in [2.24, 2.45) is 0 Å². The molecule has 3 N–H and O–H groups in total. The number of aliphatic hydroxyl groups excluding tert-OH is 2. The molecule has 0 amide bonds. The van der Waals surface area contributed by atoms with Crippen molar-refractivity contribution in [2.75, 3.05) is 13.1 Å². The number of hydrogen-bond acceptors (Lipinski definition) is 5. The van der Waals surface area contributed by atoms with E-state index in [1.807, 2.05) is 0 Å². The third kappa shape index (κ3) is 2.52. The van der Waals surface area contributed by atoms with Crippen molar-refractivity contribution < 1.29 is 32.9 Å². The van der Waals surface area contributed by atoms with Gasteiger partial charge in [0.2, 0.25) is 10.0 Å². The van der Waals surface area contributed by atoms with Gasteiger partial charge in [-0.15, -0.1) is 0 Å². The van der Waals surface area contributed by atoms with Crippen molar-refractivity contribution in [1.82, 2.24) is 4.31 Å². The number of carboxylic acid groups (broad SMARTS) is 1. The van der Waals surface area contributed by atoms with Gasteiger partial charge in [0.15, 0.2) is 0 Å². The van der Waals surface area contributed by atoms with E-state index in [0.717, 1.165) is 16.4 Å². The van der Waals surface area contributed by atoms with E-state index in [4.69, 9.17) is 5.11 Å². The number of rotatable bonds is 3. The van der Waals surface area contributed by atoms with Crippen LogP contribution >= 0.6 is 0 Å². The molecule has 1 aromatic carbocycles. The van der Waals surface area contributed by atoms with E-state index in [9.17, 15) is 27.8 Å². The van der Waals surface area contributed by atoms with Crippen LogP contribution in [0.3, 0.4) is 0 Å². The molecule has 1 aromatic rings. The monoisotopic (exact) mass is 305 g/mol. The molecule has 0 aliphatic carbocycles. The van der Waals surface area contributed by atoms with Crippen LogP contribution in [0.15, 0.2) is 23.1 Å². The largest absolute Gasteiger partial charge is 0.478 e. The number of aromatic carboxylic acids is 1. The van der Waals surface area contributed by atoms with Gasteiger partial charge in [0.25, 0.3) is 0 Å². The topological polar surface area (TPSA) is 115 Å². The third-order valence-corrected chi connectivity index (χ3v) is 4.89. The van der Waals surface area contributed by atoms with Crippen LogP contribution in [-0.4, -0.2) is 59.3 Å². The summed E-state index contributed by atoms with van der Waals surface area (Å²) in [6.45, 7) is -0.752. The molecule has 0 spiro atoms. The summed E-state index contributed by atoms with van der Waals surface area (Å²) in [6, 6.07) is 2.31. The second-order valence-corrected chi connectivity index (χ2v) is 6.31. The van der Waals surface area contributed by atoms with Gasteiger partial charge in [0, 0.05) is 13.1 Å². The minimum Gasteiger partial charge on any atom is -0.478 e. The summed E-state index contributed by atoms with van der Waals surface area (Å²) in [6.07, 6.45) is -2.52. The van der Waals surface area contributed by atoms with Crippen molar-refractivity contribution >= 4 is 16.0 Å². The second kappa shape index (κ2) is 5.09. The lowest BCUT2D eigenvalue weighted by atomic mass is 10.2. The summed E-state index contributed by atoms with van der Waals surface area (Å²) >= 11 is 0. The van der Waals surface area contributed by atoms with E-state index in [2.05, 4.69) is 0 Å². The Hall–Kier alpha value is -1.55. The van der Waals surface area contributed by atoms with Crippen LogP contribution in [0.25, 0.3) is 0 Å².